The van der Waals surface area contributed by atoms with Crippen LogP contribution in [0.5, 0.6) is 5.75 Å². The van der Waals surface area contributed by atoms with E-state index in [1.54, 1.807) is 17.4 Å². The molecule has 26 heavy (non-hydrogen) atoms. The van der Waals surface area contributed by atoms with Crippen LogP contribution in [0.2, 0.25) is 0 Å². The summed E-state index contributed by atoms with van der Waals surface area (Å²) in [4.78, 5) is 16.1. The van der Waals surface area contributed by atoms with Crippen LogP contribution in [0.25, 0.3) is 6.08 Å². The van der Waals surface area contributed by atoms with Gasteiger partial charge in [-0.1, -0.05) is 12.1 Å². The lowest BCUT2D eigenvalue weighted by atomic mass is 10.1. The number of likely N-dealkylation sites (tertiary alicyclic amines) is 1. The third-order valence-corrected chi connectivity index (χ3v) is 6.04. The number of hydrogen-bond acceptors (Lipinski definition) is 4. The number of rotatable bonds is 6. The Morgan fingerprint density at radius 1 is 1.31 bits per heavy atom. The van der Waals surface area contributed by atoms with Gasteiger partial charge in [-0.15, -0.1) is 11.3 Å². The fourth-order valence-corrected chi connectivity index (χ4v) is 4.54. The van der Waals surface area contributed by atoms with E-state index in [4.69, 9.17) is 4.74 Å². The van der Waals surface area contributed by atoms with Crippen molar-refractivity contribution < 1.29 is 9.53 Å². The van der Waals surface area contributed by atoms with Crippen LogP contribution in [0, 0.1) is 0 Å². The maximum atomic E-state index is 12.3. The van der Waals surface area contributed by atoms with Gasteiger partial charge < -0.3 is 10.1 Å². The van der Waals surface area contributed by atoms with E-state index in [9.17, 15) is 4.79 Å². The van der Waals surface area contributed by atoms with E-state index < -0.39 is 0 Å². The minimum atomic E-state index is -0.0394. The molecule has 0 aliphatic carbocycles. The zero-order valence-corrected chi connectivity index (χ0v) is 15.6. The van der Waals surface area contributed by atoms with Gasteiger partial charge in [-0.05, 0) is 66.7 Å². The number of fused-ring (bicyclic) bond motifs is 1. The topological polar surface area (TPSA) is 41.6 Å². The molecule has 136 valence electrons. The van der Waals surface area contributed by atoms with E-state index in [-0.39, 0.29) is 11.9 Å². The molecule has 1 unspecified atom stereocenters. The van der Waals surface area contributed by atoms with Gasteiger partial charge in [-0.2, -0.15) is 0 Å². The van der Waals surface area contributed by atoms with Crippen LogP contribution in [0.1, 0.15) is 34.9 Å². The lowest BCUT2D eigenvalue weighted by Gasteiger charge is -2.26. The number of carbonyl (C=O) groups excluding carboxylic acids is 1. The first-order valence-corrected chi connectivity index (χ1v) is 10.2. The minimum Gasteiger partial charge on any atom is -0.493 e. The summed E-state index contributed by atoms with van der Waals surface area (Å²) in [7, 11) is 0. The number of benzene rings is 1. The zero-order valence-electron chi connectivity index (χ0n) is 14.8. The number of amides is 1. The molecule has 4 nitrogen and oxygen atoms in total. The summed E-state index contributed by atoms with van der Waals surface area (Å²) in [6.07, 6.45) is 6.95. The maximum absolute atomic E-state index is 12.3. The Hall–Kier alpha value is -2.11. The number of carbonyl (C=O) groups is 1. The van der Waals surface area contributed by atoms with Crippen molar-refractivity contribution in [3.8, 4) is 5.75 Å². The highest BCUT2D eigenvalue weighted by atomic mass is 32.1. The van der Waals surface area contributed by atoms with E-state index in [1.807, 2.05) is 18.2 Å². The van der Waals surface area contributed by atoms with Gasteiger partial charge in [0.1, 0.15) is 5.75 Å². The molecule has 0 radical (unpaired) electrons. The summed E-state index contributed by atoms with van der Waals surface area (Å²) in [5.74, 6) is 0.929. The van der Waals surface area contributed by atoms with Crippen molar-refractivity contribution in [2.24, 2.45) is 0 Å². The fourth-order valence-electron chi connectivity index (χ4n) is 3.68. The summed E-state index contributed by atoms with van der Waals surface area (Å²) in [5.41, 5.74) is 2.26. The van der Waals surface area contributed by atoms with Crippen molar-refractivity contribution >= 4 is 23.3 Å². The Morgan fingerprint density at radius 2 is 2.19 bits per heavy atom. The van der Waals surface area contributed by atoms with Crippen molar-refractivity contribution in [2.45, 2.75) is 25.3 Å². The normalized spacial score (nSPS) is 18.0. The first-order chi connectivity index (χ1) is 12.8. The quantitative estimate of drug-likeness (QED) is 0.792. The van der Waals surface area contributed by atoms with Crippen LogP contribution in [-0.2, 0) is 11.2 Å². The van der Waals surface area contributed by atoms with Crippen molar-refractivity contribution in [1.29, 1.82) is 0 Å². The molecule has 1 atom stereocenters. The van der Waals surface area contributed by atoms with E-state index in [0.29, 0.717) is 6.54 Å². The average Bonchev–Trinajstić information content (AvgIpc) is 3.41. The van der Waals surface area contributed by atoms with Gasteiger partial charge in [0.2, 0.25) is 5.91 Å². The molecule has 5 heteroatoms. The lowest BCUT2D eigenvalue weighted by Crippen LogP contribution is -2.35. The van der Waals surface area contributed by atoms with Crippen LogP contribution in [0.4, 0.5) is 0 Å². The smallest absolute Gasteiger partial charge is 0.244 e. The SMILES string of the molecule is O=C(/C=C/c1ccc2c(c1)CCO2)NCC(c1cccs1)N1CCCC1. The van der Waals surface area contributed by atoms with Crippen molar-refractivity contribution in [3.63, 3.8) is 0 Å². The first kappa shape index (κ1) is 17.3. The molecule has 4 rings (SSSR count). The number of nitrogens with zero attached hydrogens (tertiary/aromatic N) is 1. The lowest BCUT2D eigenvalue weighted by molar-refractivity contribution is -0.116. The molecule has 0 spiro atoms. The Balaban J connectivity index is 1.36. The monoisotopic (exact) mass is 368 g/mol. The first-order valence-electron chi connectivity index (χ1n) is 9.29. The molecule has 1 aromatic carbocycles. The van der Waals surface area contributed by atoms with Crippen molar-refractivity contribution in [2.75, 3.05) is 26.2 Å². The van der Waals surface area contributed by atoms with Gasteiger partial charge in [-0.25, -0.2) is 0 Å². The second-order valence-corrected chi connectivity index (χ2v) is 7.80. The minimum absolute atomic E-state index is 0.0394. The number of hydrogen-bond donors (Lipinski definition) is 1. The number of thiophene rings is 1. The Labute approximate surface area is 158 Å². The summed E-state index contributed by atoms with van der Waals surface area (Å²) in [6.45, 7) is 3.64. The molecule has 1 fully saturated rings. The standard InChI is InChI=1S/C21H24N2O2S/c24-21(8-6-16-5-7-19-17(14-16)9-12-25-19)22-15-18(20-4-3-13-26-20)23-10-1-2-11-23/h3-8,13-14,18H,1-2,9-12,15H2,(H,22,24)/b8-6+. The molecular formula is C21H24N2O2S. The average molecular weight is 369 g/mol. The molecular weight excluding hydrogens is 344 g/mol. The van der Waals surface area contributed by atoms with Gasteiger partial charge in [0.25, 0.3) is 0 Å². The summed E-state index contributed by atoms with van der Waals surface area (Å²) in [5, 5.41) is 5.19. The zero-order chi connectivity index (χ0) is 17.8. The van der Waals surface area contributed by atoms with E-state index >= 15 is 0 Å². The highest BCUT2D eigenvalue weighted by molar-refractivity contribution is 7.10. The molecule has 2 aliphatic heterocycles. The molecule has 2 aliphatic rings. The molecule has 1 N–H and O–H groups in total. The molecule has 0 saturated carbocycles. The van der Waals surface area contributed by atoms with Crippen LogP contribution < -0.4 is 10.1 Å². The Bertz CT molecular complexity index is 779. The second kappa shape index (κ2) is 8.06. The molecule has 3 heterocycles. The molecule has 1 amide bonds. The fraction of sp³-hybridized carbons (Fsp3) is 0.381. The summed E-state index contributed by atoms with van der Waals surface area (Å²) < 4.78 is 5.52. The van der Waals surface area contributed by atoms with Crippen LogP contribution in [0.15, 0.2) is 41.8 Å². The summed E-state index contributed by atoms with van der Waals surface area (Å²) >= 11 is 1.77. The van der Waals surface area contributed by atoms with E-state index in [0.717, 1.165) is 37.4 Å². The molecule has 2 aromatic rings. The van der Waals surface area contributed by atoms with Gasteiger partial charge in [0, 0.05) is 23.9 Å². The van der Waals surface area contributed by atoms with Gasteiger partial charge in [-0.3, -0.25) is 9.69 Å². The Morgan fingerprint density at radius 3 is 3.00 bits per heavy atom. The van der Waals surface area contributed by atoms with Crippen molar-refractivity contribution in [3.05, 3.63) is 57.8 Å². The third kappa shape index (κ3) is 4.00. The van der Waals surface area contributed by atoms with Gasteiger partial charge in [0.05, 0.1) is 12.6 Å². The highest BCUT2D eigenvalue weighted by Gasteiger charge is 2.24. The third-order valence-electron chi connectivity index (χ3n) is 5.06. The van der Waals surface area contributed by atoms with E-state index in [1.165, 1.54) is 23.3 Å². The molecule has 1 aromatic heterocycles. The van der Waals surface area contributed by atoms with E-state index in [2.05, 4.69) is 33.8 Å². The van der Waals surface area contributed by atoms with Gasteiger partial charge in [0.15, 0.2) is 0 Å². The maximum Gasteiger partial charge on any atom is 0.244 e. The predicted octanol–water partition coefficient (Wildman–Crippen LogP) is 3.65. The highest BCUT2D eigenvalue weighted by Crippen LogP contribution is 2.28. The van der Waals surface area contributed by atoms with Crippen LogP contribution in [0.3, 0.4) is 0 Å². The van der Waals surface area contributed by atoms with Crippen LogP contribution >= 0.6 is 11.3 Å². The molecule has 1 saturated heterocycles. The number of ether oxygens (including phenoxy) is 1. The second-order valence-electron chi connectivity index (χ2n) is 6.82. The van der Waals surface area contributed by atoms with Crippen molar-refractivity contribution in [1.82, 2.24) is 10.2 Å². The summed E-state index contributed by atoms with van der Waals surface area (Å²) in [6, 6.07) is 10.6. The predicted molar refractivity (Wildman–Crippen MR) is 106 cm³/mol. The number of nitrogens with one attached hydrogen (secondary N) is 1. The molecule has 0 bridgehead atoms. The largest absolute Gasteiger partial charge is 0.493 e. The van der Waals surface area contributed by atoms with Gasteiger partial charge >= 0.3 is 0 Å². The Kier molecular flexibility index (Phi) is 5.37. The van der Waals surface area contributed by atoms with Crippen LogP contribution in [-0.4, -0.2) is 37.0 Å².